The van der Waals surface area contributed by atoms with E-state index in [9.17, 15) is 14.7 Å². The second kappa shape index (κ2) is 8.44. The molecule has 1 aromatic carbocycles. The summed E-state index contributed by atoms with van der Waals surface area (Å²) in [5.41, 5.74) is 2.75. The van der Waals surface area contributed by atoms with Crippen molar-refractivity contribution in [3.63, 3.8) is 0 Å². The Balaban J connectivity index is 1.68. The minimum absolute atomic E-state index is 0.0259. The predicted molar refractivity (Wildman–Crippen MR) is 115 cm³/mol. The molecule has 1 amide bonds. The highest BCUT2D eigenvalue weighted by molar-refractivity contribution is 5.99. The molecule has 4 rings (SSSR count). The summed E-state index contributed by atoms with van der Waals surface area (Å²) in [4.78, 5) is 28.7. The van der Waals surface area contributed by atoms with Crippen molar-refractivity contribution in [1.82, 2.24) is 20.1 Å². The van der Waals surface area contributed by atoms with Crippen molar-refractivity contribution < 1.29 is 14.7 Å². The number of rotatable bonds is 6. The first-order valence-electron chi connectivity index (χ1n) is 10.7. The van der Waals surface area contributed by atoms with Gasteiger partial charge in [-0.05, 0) is 50.3 Å². The smallest absolute Gasteiger partial charge is 0.269 e. The van der Waals surface area contributed by atoms with Crippen LogP contribution in [0.5, 0.6) is 0 Å². The van der Waals surface area contributed by atoms with Gasteiger partial charge >= 0.3 is 0 Å². The number of aliphatic hydroxyl groups excluding tert-OH is 1. The second-order valence-electron chi connectivity index (χ2n) is 8.08. The van der Waals surface area contributed by atoms with Crippen LogP contribution in [0.25, 0.3) is 10.9 Å². The maximum Gasteiger partial charge on any atom is 0.269 e. The average molecular weight is 409 g/mol. The largest absolute Gasteiger partial charge is 0.393 e. The Kier molecular flexibility index (Phi) is 5.72. The zero-order valence-electron chi connectivity index (χ0n) is 17.4. The van der Waals surface area contributed by atoms with Crippen molar-refractivity contribution >= 4 is 22.6 Å². The maximum atomic E-state index is 13.1. The predicted octanol–water partition coefficient (Wildman–Crippen LogP) is 3.60. The Hall–Kier alpha value is -2.93. The molecule has 1 aliphatic carbocycles. The summed E-state index contributed by atoms with van der Waals surface area (Å²) in [5.74, 6) is -0.317. The molecule has 0 bridgehead atoms. The van der Waals surface area contributed by atoms with Crippen molar-refractivity contribution in [2.24, 2.45) is 0 Å². The van der Waals surface area contributed by atoms with E-state index >= 15 is 0 Å². The number of aromatic nitrogens is 3. The zero-order chi connectivity index (χ0) is 21.3. The number of fused-ring (bicyclic) bond motifs is 1. The highest BCUT2D eigenvalue weighted by atomic mass is 16.3. The van der Waals surface area contributed by atoms with Crippen molar-refractivity contribution in [3.8, 4) is 0 Å². The van der Waals surface area contributed by atoms with E-state index < -0.39 is 0 Å². The molecule has 3 aromatic rings. The summed E-state index contributed by atoms with van der Waals surface area (Å²) in [6, 6.07) is 9.41. The number of amides is 1. The number of hydrogen-bond donors (Lipinski definition) is 3. The normalized spacial score (nSPS) is 20.2. The van der Waals surface area contributed by atoms with E-state index in [1.54, 1.807) is 17.7 Å². The van der Waals surface area contributed by atoms with Crippen molar-refractivity contribution in [2.75, 3.05) is 0 Å². The van der Waals surface area contributed by atoms with Gasteiger partial charge in [-0.2, -0.15) is 5.10 Å². The number of nitrogens with one attached hydrogen (secondary N) is 2. The van der Waals surface area contributed by atoms with Crippen LogP contribution in [0.3, 0.4) is 0 Å². The summed E-state index contributed by atoms with van der Waals surface area (Å²) < 4.78 is 1.66. The van der Waals surface area contributed by atoms with Gasteiger partial charge in [0, 0.05) is 35.6 Å². The Labute approximate surface area is 175 Å². The SMILES string of the molecule is CCC(=O)c1cc(C(=O)NC2CCC(O)CC2)n(C(C)c2cccc3[nH]ccc23)n1. The van der Waals surface area contributed by atoms with Crippen LogP contribution < -0.4 is 5.32 Å². The summed E-state index contributed by atoms with van der Waals surface area (Å²) in [5, 5.41) is 18.4. The number of carbonyl (C=O) groups is 2. The molecule has 7 nitrogen and oxygen atoms in total. The lowest BCUT2D eigenvalue weighted by Crippen LogP contribution is -2.39. The fourth-order valence-corrected chi connectivity index (χ4v) is 4.26. The number of Topliss-reactive ketones (excluding diaryl/α,β-unsaturated/α-hetero) is 1. The lowest BCUT2D eigenvalue weighted by atomic mass is 9.93. The quantitative estimate of drug-likeness (QED) is 0.543. The number of benzene rings is 1. The highest BCUT2D eigenvalue weighted by Gasteiger charge is 2.26. The first-order valence-corrected chi connectivity index (χ1v) is 10.7. The number of hydrogen-bond acceptors (Lipinski definition) is 4. The number of ketones is 1. The third-order valence-electron chi connectivity index (χ3n) is 6.05. The number of aromatic amines is 1. The number of H-pyrrole nitrogens is 1. The molecule has 1 atom stereocenters. The van der Waals surface area contributed by atoms with E-state index in [-0.39, 0.29) is 29.9 Å². The molecule has 7 heteroatoms. The molecular weight excluding hydrogens is 380 g/mol. The molecule has 1 unspecified atom stereocenters. The second-order valence-corrected chi connectivity index (χ2v) is 8.08. The third kappa shape index (κ3) is 3.89. The van der Waals surface area contributed by atoms with Crippen LogP contribution in [0.4, 0.5) is 0 Å². The first-order chi connectivity index (χ1) is 14.5. The van der Waals surface area contributed by atoms with Crippen molar-refractivity contribution in [3.05, 3.63) is 53.5 Å². The monoisotopic (exact) mass is 408 g/mol. The summed E-state index contributed by atoms with van der Waals surface area (Å²) in [7, 11) is 0. The molecule has 0 aliphatic heterocycles. The van der Waals surface area contributed by atoms with Crippen molar-refractivity contribution in [1.29, 1.82) is 0 Å². The van der Waals surface area contributed by atoms with E-state index in [2.05, 4.69) is 15.4 Å². The Morgan fingerprint density at radius 2 is 2.03 bits per heavy atom. The number of carbonyl (C=O) groups excluding carboxylic acids is 2. The maximum absolute atomic E-state index is 13.1. The van der Waals surface area contributed by atoms with Crippen LogP contribution in [-0.4, -0.2) is 43.7 Å². The van der Waals surface area contributed by atoms with Crippen LogP contribution in [0, 0.1) is 0 Å². The van der Waals surface area contributed by atoms with Gasteiger partial charge in [0.1, 0.15) is 11.4 Å². The average Bonchev–Trinajstić information content (AvgIpc) is 3.41. The Bertz CT molecular complexity index is 1060. The van der Waals surface area contributed by atoms with Gasteiger partial charge in [0.15, 0.2) is 5.78 Å². The minimum atomic E-state index is -0.278. The molecule has 2 aromatic heterocycles. The molecule has 1 aliphatic rings. The zero-order valence-corrected chi connectivity index (χ0v) is 17.4. The summed E-state index contributed by atoms with van der Waals surface area (Å²) in [6.07, 6.45) is 4.83. The van der Waals surface area contributed by atoms with Crippen LogP contribution in [0.15, 0.2) is 36.5 Å². The highest BCUT2D eigenvalue weighted by Crippen LogP contribution is 2.28. The van der Waals surface area contributed by atoms with Gasteiger partial charge in [0.05, 0.1) is 12.1 Å². The molecule has 0 radical (unpaired) electrons. The van der Waals surface area contributed by atoms with Gasteiger partial charge in [0.25, 0.3) is 5.91 Å². The minimum Gasteiger partial charge on any atom is -0.393 e. The molecule has 2 heterocycles. The van der Waals surface area contributed by atoms with Gasteiger partial charge in [-0.25, -0.2) is 0 Å². The van der Waals surface area contributed by atoms with Gasteiger partial charge < -0.3 is 15.4 Å². The molecule has 0 saturated heterocycles. The van der Waals surface area contributed by atoms with E-state index in [1.807, 2.05) is 37.4 Å². The summed E-state index contributed by atoms with van der Waals surface area (Å²) >= 11 is 0. The van der Waals surface area contributed by atoms with E-state index in [0.717, 1.165) is 29.3 Å². The summed E-state index contributed by atoms with van der Waals surface area (Å²) in [6.45, 7) is 3.78. The van der Waals surface area contributed by atoms with Crippen LogP contribution in [-0.2, 0) is 0 Å². The van der Waals surface area contributed by atoms with Crippen LogP contribution in [0.2, 0.25) is 0 Å². The molecule has 1 saturated carbocycles. The molecule has 3 N–H and O–H groups in total. The molecule has 158 valence electrons. The van der Waals surface area contributed by atoms with Gasteiger partial charge in [-0.3, -0.25) is 14.3 Å². The van der Waals surface area contributed by atoms with E-state index in [0.29, 0.717) is 30.7 Å². The van der Waals surface area contributed by atoms with Crippen LogP contribution in [0.1, 0.15) is 78.5 Å². The topological polar surface area (TPSA) is 100 Å². The fourth-order valence-electron chi connectivity index (χ4n) is 4.26. The molecule has 0 spiro atoms. The first kappa shape index (κ1) is 20.3. The van der Waals surface area contributed by atoms with Gasteiger partial charge in [0.2, 0.25) is 0 Å². The molecular formula is C23H28N4O3. The molecule has 1 fully saturated rings. The Morgan fingerprint density at radius 3 is 2.77 bits per heavy atom. The van der Waals surface area contributed by atoms with Crippen LogP contribution >= 0.6 is 0 Å². The lowest BCUT2D eigenvalue weighted by Gasteiger charge is -2.26. The third-order valence-corrected chi connectivity index (χ3v) is 6.05. The van der Waals surface area contributed by atoms with Gasteiger partial charge in [-0.1, -0.05) is 19.1 Å². The number of nitrogens with zero attached hydrogens (tertiary/aromatic N) is 2. The standard InChI is InChI=1S/C23H28N4O3/c1-3-22(29)20-13-21(23(30)25-15-7-9-16(28)10-8-15)27(26-20)14(2)17-5-4-6-19-18(17)11-12-24-19/h4-6,11-16,24,28H,3,7-10H2,1-2H3,(H,25,30). The Morgan fingerprint density at radius 1 is 1.27 bits per heavy atom. The fraction of sp³-hybridized carbons (Fsp3) is 0.435. The molecule has 30 heavy (non-hydrogen) atoms. The van der Waals surface area contributed by atoms with Gasteiger partial charge in [-0.15, -0.1) is 0 Å². The number of aliphatic hydroxyl groups is 1. The lowest BCUT2D eigenvalue weighted by molar-refractivity contribution is 0.0856. The van der Waals surface area contributed by atoms with E-state index in [4.69, 9.17) is 0 Å². The van der Waals surface area contributed by atoms with Crippen molar-refractivity contribution in [2.45, 2.75) is 64.1 Å². The van der Waals surface area contributed by atoms with E-state index in [1.165, 1.54) is 0 Å².